The highest BCUT2D eigenvalue weighted by Crippen LogP contribution is 2.14. The van der Waals surface area contributed by atoms with Crippen molar-refractivity contribution in [2.75, 3.05) is 19.6 Å². The Morgan fingerprint density at radius 2 is 0.412 bits per heavy atom. The lowest BCUT2D eigenvalue weighted by Gasteiger charge is -2.22. The first-order valence-corrected chi connectivity index (χ1v) is 16.6. The summed E-state index contributed by atoms with van der Waals surface area (Å²) in [7, 11) is 0. The smallest absolute Gasteiger partial charge is 0.00187 e. The Bertz CT molecular complexity index is 323. The molecule has 34 heavy (non-hydrogen) atoms. The van der Waals surface area contributed by atoms with Crippen molar-refractivity contribution in [3.05, 3.63) is 0 Å². The van der Waals surface area contributed by atoms with Gasteiger partial charge in [0.25, 0.3) is 0 Å². The molecule has 0 saturated heterocycles. The first-order chi connectivity index (χ1) is 16.8. The van der Waals surface area contributed by atoms with Gasteiger partial charge in [0.15, 0.2) is 0 Å². The van der Waals surface area contributed by atoms with E-state index in [1.54, 1.807) is 0 Å². The van der Waals surface area contributed by atoms with Gasteiger partial charge in [0.05, 0.1) is 0 Å². The van der Waals surface area contributed by atoms with E-state index in [4.69, 9.17) is 0 Å². The fourth-order valence-corrected chi connectivity index (χ4v) is 5.27. The summed E-state index contributed by atoms with van der Waals surface area (Å²) in [4.78, 5) is 2.82. The summed E-state index contributed by atoms with van der Waals surface area (Å²) in [6.45, 7) is 11.0. The van der Waals surface area contributed by atoms with Gasteiger partial charge >= 0.3 is 0 Å². The van der Waals surface area contributed by atoms with E-state index in [-0.39, 0.29) is 0 Å². The molecule has 0 aliphatic rings. The van der Waals surface area contributed by atoms with Crippen LogP contribution in [0.15, 0.2) is 0 Å². The monoisotopic (exact) mass is 480 g/mol. The van der Waals surface area contributed by atoms with Crippen LogP contribution in [0.4, 0.5) is 0 Å². The minimum atomic E-state index is 1.36. The summed E-state index contributed by atoms with van der Waals surface area (Å²) in [5.74, 6) is 0. The third-order valence-corrected chi connectivity index (χ3v) is 7.73. The zero-order valence-electron chi connectivity index (χ0n) is 24.7. The zero-order valence-corrected chi connectivity index (χ0v) is 24.7. The molecule has 0 heterocycles. The molecule has 0 aromatic rings. The summed E-state index contributed by atoms with van der Waals surface area (Å²) in [5.41, 5.74) is 0. The van der Waals surface area contributed by atoms with Crippen LogP contribution >= 0.6 is 0 Å². The molecule has 0 aliphatic carbocycles. The van der Waals surface area contributed by atoms with Crippen LogP contribution < -0.4 is 0 Å². The fourth-order valence-electron chi connectivity index (χ4n) is 5.27. The lowest BCUT2D eigenvalue weighted by atomic mass is 10.0. The molecule has 0 aromatic carbocycles. The van der Waals surface area contributed by atoms with Crippen molar-refractivity contribution >= 4 is 0 Å². The quantitative estimate of drug-likeness (QED) is 0.0925. The molecule has 206 valence electrons. The standard InChI is InChI=1S/C33H69N/c1-4-7-10-13-16-17-18-19-20-21-22-23-24-27-30-33-34(31-28-25-14-11-8-5-2)32-29-26-15-12-9-6-3/h4-33H2,1-3H3. The van der Waals surface area contributed by atoms with Gasteiger partial charge in [-0.15, -0.1) is 0 Å². The molecule has 0 aliphatic heterocycles. The fraction of sp³-hybridized carbons (Fsp3) is 1.00. The second-order valence-electron chi connectivity index (χ2n) is 11.3. The number of nitrogens with zero attached hydrogens (tertiary/aromatic N) is 1. The van der Waals surface area contributed by atoms with Crippen molar-refractivity contribution in [1.82, 2.24) is 4.90 Å². The molecule has 0 radical (unpaired) electrons. The van der Waals surface area contributed by atoms with E-state index in [1.165, 1.54) is 193 Å². The molecule has 0 bridgehead atoms. The lowest BCUT2D eigenvalue weighted by molar-refractivity contribution is 0.254. The maximum absolute atomic E-state index is 2.82. The summed E-state index contributed by atoms with van der Waals surface area (Å²) < 4.78 is 0. The molecule has 0 atom stereocenters. The van der Waals surface area contributed by atoms with Crippen molar-refractivity contribution in [2.24, 2.45) is 0 Å². The number of hydrogen-bond donors (Lipinski definition) is 0. The summed E-state index contributed by atoms with van der Waals surface area (Å²) in [6, 6.07) is 0. The van der Waals surface area contributed by atoms with Gasteiger partial charge in [0.1, 0.15) is 0 Å². The van der Waals surface area contributed by atoms with E-state index in [0.29, 0.717) is 0 Å². The third kappa shape index (κ3) is 28.2. The van der Waals surface area contributed by atoms with Crippen molar-refractivity contribution in [1.29, 1.82) is 0 Å². The average Bonchev–Trinajstić information content (AvgIpc) is 2.85. The van der Waals surface area contributed by atoms with Gasteiger partial charge < -0.3 is 4.90 Å². The van der Waals surface area contributed by atoms with Crippen LogP contribution in [-0.4, -0.2) is 24.5 Å². The van der Waals surface area contributed by atoms with E-state index >= 15 is 0 Å². The molecule has 0 amide bonds. The van der Waals surface area contributed by atoms with Crippen molar-refractivity contribution in [2.45, 2.75) is 194 Å². The minimum Gasteiger partial charge on any atom is -0.303 e. The maximum atomic E-state index is 2.82. The first-order valence-electron chi connectivity index (χ1n) is 16.6. The molecule has 0 spiro atoms. The highest BCUT2D eigenvalue weighted by molar-refractivity contribution is 4.60. The third-order valence-electron chi connectivity index (χ3n) is 7.73. The Kier molecular flexibility index (Phi) is 31.0. The lowest BCUT2D eigenvalue weighted by Crippen LogP contribution is -2.27. The van der Waals surface area contributed by atoms with Gasteiger partial charge in [0.2, 0.25) is 0 Å². The van der Waals surface area contributed by atoms with E-state index in [0.717, 1.165) is 0 Å². The van der Waals surface area contributed by atoms with Crippen molar-refractivity contribution in [3.8, 4) is 0 Å². The first kappa shape index (κ1) is 34.0. The van der Waals surface area contributed by atoms with Crippen LogP contribution in [0.1, 0.15) is 194 Å². The molecule has 0 aromatic heterocycles. The highest BCUT2D eigenvalue weighted by atomic mass is 15.1. The Balaban J connectivity index is 3.64. The van der Waals surface area contributed by atoms with Crippen LogP contribution in [-0.2, 0) is 0 Å². The van der Waals surface area contributed by atoms with Gasteiger partial charge in [-0.2, -0.15) is 0 Å². The van der Waals surface area contributed by atoms with Gasteiger partial charge in [0, 0.05) is 0 Å². The van der Waals surface area contributed by atoms with E-state index in [2.05, 4.69) is 25.7 Å². The molecule has 1 nitrogen and oxygen atoms in total. The second-order valence-corrected chi connectivity index (χ2v) is 11.3. The number of rotatable bonds is 30. The molecule has 0 saturated carbocycles. The molecule has 0 N–H and O–H groups in total. The molecule has 0 unspecified atom stereocenters. The van der Waals surface area contributed by atoms with Crippen LogP contribution in [0.2, 0.25) is 0 Å². The number of hydrogen-bond acceptors (Lipinski definition) is 1. The molecule has 1 heteroatoms. The summed E-state index contributed by atoms with van der Waals surface area (Å²) in [5, 5.41) is 0. The van der Waals surface area contributed by atoms with Crippen molar-refractivity contribution in [3.63, 3.8) is 0 Å². The van der Waals surface area contributed by atoms with Crippen LogP contribution in [0, 0.1) is 0 Å². The van der Waals surface area contributed by atoms with Gasteiger partial charge in [-0.05, 0) is 38.9 Å². The van der Waals surface area contributed by atoms with Gasteiger partial charge in [-0.25, -0.2) is 0 Å². The molecule has 0 fully saturated rings. The van der Waals surface area contributed by atoms with Gasteiger partial charge in [-0.3, -0.25) is 0 Å². The minimum absolute atomic E-state index is 1.36. The normalized spacial score (nSPS) is 11.6. The Morgan fingerprint density at radius 1 is 0.235 bits per heavy atom. The SMILES string of the molecule is CCCCCCCCCCCCCCCCCN(CCCCCCCC)CCCCCCCC. The summed E-state index contributed by atoms with van der Waals surface area (Å²) >= 11 is 0. The van der Waals surface area contributed by atoms with E-state index in [9.17, 15) is 0 Å². The Hall–Kier alpha value is -0.0400. The van der Waals surface area contributed by atoms with Gasteiger partial charge in [-0.1, -0.05) is 175 Å². The summed E-state index contributed by atoms with van der Waals surface area (Å²) in [6.07, 6.45) is 39.1. The highest BCUT2D eigenvalue weighted by Gasteiger charge is 2.05. The van der Waals surface area contributed by atoms with E-state index in [1.807, 2.05) is 0 Å². The molecular formula is C33H69N. The molecule has 0 rings (SSSR count). The van der Waals surface area contributed by atoms with Crippen molar-refractivity contribution < 1.29 is 0 Å². The topological polar surface area (TPSA) is 3.24 Å². The Morgan fingerprint density at radius 3 is 0.618 bits per heavy atom. The number of unbranched alkanes of at least 4 members (excludes halogenated alkanes) is 24. The van der Waals surface area contributed by atoms with Crippen LogP contribution in [0.5, 0.6) is 0 Å². The maximum Gasteiger partial charge on any atom is -0.00187 e. The predicted octanol–water partition coefficient (Wildman–Crippen LogP) is 11.9. The zero-order chi connectivity index (χ0) is 24.8. The van der Waals surface area contributed by atoms with E-state index < -0.39 is 0 Å². The average molecular weight is 480 g/mol. The van der Waals surface area contributed by atoms with Crippen LogP contribution in [0.3, 0.4) is 0 Å². The second kappa shape index (κ2) is 31.0. The molecular weight excluding hydrogens is 410 g/mol. The predicted molar refractivity (Wildman–Crippen MR) is 158 cm³/mol. The Labute approximate surface area is 218 Å². The van der Waals surface area contributed by atoms with Crippen LogP contribution in [0.25, 0.3) is 0 Å². The largest absolute Gasteiger partial charge is 0.303 e.